The molecule has 1 aromatic heterocycles. The Balaban J connectivity index is 1.64. The maximum absolute atomic E-state index is 12.7. The van der Waals surface area contributed by atoms with E-state index in [1.54, 1.807) is 4.68 Å². The van der Waals surface area contributed by atoms with Crippen molar-refractivity contribution in [3.63, 3.8) is 0 Å². The molecule has 1 atom stereocenters. The van der Waals surface area contributed by atoms with Crippen molar-refractivity contribution in [1.29, 1.82) is 0 Å². The van der Waals surface area contributed by atoms with Crippen molar-refractivity contribution in [2.45, 2.75) is 33.4 Å². The van der Waals surface area contributed by atoms with Gasteiger partial charge in [-0.25, -0.2) is 4.68 Å². The molecule has 0 bridgehead atoms. The molecule has 2 aromatic rings. The van der Waals surface area contributed by atoms with Gasteiger partial charge < -0.3 is 10.1 Å². The summed E-state index contributed by atoms with van der Waals surface area (Å²) in [6, 6.07) is 8.46. The maximum Gasteiger partial charge on any atom is 0.256 e. The minimum atomic E-state index is -0.173. The SMILES string of the molecule is Cc1ccc(Cn2nc(C)c(C(=O)NCC(C)N3CCOCC3)c2Cl)cc1. The lowest BCUT2D eigenvalue weighted by Gasteiger charge is -2.32. The second-order valence-corrected chi connectivity index (χ2v) is 7.46. The monoisotopic (exact) mass is 390 g/mol. The molecule has 1 aliphatic heterocycles. The van der Waals surface area contributed by atoms with Crippen LogP contribution in [0.25, 0.3) is 0 Å². The summed E-state index contributed by atoms with van der Waals surface area (Å²) < 4.78 is 7.06. The molecule has 0 spiro atoms. The smallest absolute Gasteiger partial charge is 0.256 e. The molecule has 0 radical (unpaired) electrons. The molecule has 1 aromatic carbocycles. The summed E-state index contributed by atoms with van der Waals surface area (Å²) in [5.41, 5.74) is 3.40. The third-order valence-electron chi connectivity index (χ3n) is 4.97. The molecule has 1 amide bonds. The number of morpholine rings is 1. The van der Waals surface area contributed by atoms with E-state index in [1.165, 1.54) is 5.56 Å². The fraction of sp³-hybridized carbons (Fsp3) is 0.500. The van der Waals surface area contributed by atoms with Crippen LogP contribution < -0.4 is 5.32 Å². The molecule has 2 heterocycles. The van der Waals surface area contributed by atoms with Gasteiger partial charge in [0.2, 0.25) is 0 Å². The largest absolute Gasteiger partial charge is 0.379 e. The average molecular weight is 391 g/mol. The highest BCUT2D eigenvalue weighted by atomic mass is 35.5. The summed E-state index contributed by atoms with van der Waals surface area (Å²) in [4.78, 5) is 15.0. The molecule has 3 rings (SSSR count). The summed E-state index contributed by atoms with van der Waals surface area (Å²) in [6.07, 6.45) is 0. The Morgan fingerprint density at radius 3 is 2.59 bits per heavy atom. The molecule has 1 aliphatic rings. The van der Waals surface area contributed by atoms with Gasteiger partial charge in [-0.15, -0.1) is 0 Å². The predicted molar refractivity (Wildman–Crippen MR) is 106 cm³/mol. The molecule has 1 N–H and O–H groups in total. The number of ether oxygens (including phenoxy) is 1. The van der Waals surface area contributed by atoms with Crippen molar-refractivity contribution < 1.29 is 9.53 Å². The Bertz CT molecular complexity index is 782. The van der Waals surface area contributed by atoms with Gasteiger partial charge in [-0.05, 0) is 26.3 Å². The van der Waals surface area contributed by atoms with Crippen molar-refractivity contribution >= 4 is 17.5 Å². The number of amides is 1. The number of benzene rings is 1. The van der Waals surface area contributed by atoms with Crippen molar-refractivity contribution in [2.75, 3.05) is 32.8 Å². The van der Waals surface area contributed by atoms with Gasteiger partial charge in [0.15, 0.2) is 0 Å². The van der Waals surface area contributed by atoms with Gasteiger partial charge in [0.05, 0.1) is 31.0 Å². The van der Waals surface area contributed by atoms with Crippen molar-refractivity contribution in [2.24, 2.45) is 0 Å². The summed E-state index contributed by atoms with van der Waals surface area (Å²) in [5.74, 6) is -0.173. The van der Waals surface area contributed by atoms with Crippen LogP contribution in [0.1, 0.15) is 34.1 Å². The molecule has 1 saturated heterocycles. The zero-order valence-electron chi connectivity index (χ0n) is 16.2. The molecule has 6 nitrogen and oxygen atoms in total. The highest BCUT2D eigenvalue weighted by molar-refractivity contribution is 6.33. The molecular weight excluding hydrogens is 364 g/mol. The van der Waals surface area contributed by atoms with Crippen LogP contribution in [-0.4, -0.2) is 59.5 Å². The third kappa shape index (κ3) is 4.89. The molecular formula is C20H27ClN4O2. The van der Waals surface area contributed by atoms with Crippen molar-refractivity contribution in [1.82, 2.24) is 20.0 Å². The minimum Gasteiger partial charge on any atom is -0.379 e. The Morgan fingerprint density at radius 1 is 1.26 bits per heavy atom. The number of aromatic nitrogens is 2. The summed E-state index contributed by atoms with van der Waals surface area (Å²) in [6.45, 7) is 10.4. The highest BCUT2D eigenvalue weighted by Gasteiger charge is 2.22. The van der Waals surface area contributed by atoms with Gasteiger partial charge in [0, 0.05) is 25.7 Å². The molecule has 1 fully saturated rings. The lowest BCUT2D eigenvalue weighted by atomic mass is 10.1. The molecule has 27 heavy (non-hydrogen) atoms. The van der Waals surface area contributed by atoms with Crippen LogP contribution in [0.3, 0.4) is 0 Å². The van der Waals surface area contributed by atoms with Gasteiger partial charge in [0.1, 0.15) is 5.15 Å². The number of carbonyl (C=O) groups excluding carboxylic acids is 1. The molecule has 0 saturated carbocycles. The van der Waals surface area contributed by atoms with Crippen LogP contribution in [-0.2, 0) is 11.3 Å². The second kappa shape index (κ2) is 8.87. The Labute approximate surface area is 165 Å². The number of rotatable bonds is 6. The lowest BCUT2D eigenvalue weighted by Crippen LogP contribution is -2.47. The molecule has 7 heteroatoms. The van der Waals surface area contributed by atoms with E-state index >= 15 is 0 Å². The number of hydrogen-bond acceptors (Lipinski definition) is 4. The summed E-state index contributed by atoms with van der Waals surface area (Å²) in [5, 5.41) is 7.85. The number of aryl methyl sites for hydroxylation is 2. The van der Waals surface area contributed by atoms with E-state index in [1.807, 2.05) is 19.1 Å². The molecule has 0 aliphatic carbocycles. The van der Waals surface area contributed by atoms with Crippen LogP contribution in [0, 0.1) is 13.8 Å². The number of nitrogens with zero attached hydrogens (tertiary/aromatic N) is 3. The Hall–Kier alpha value is -1.89. The van der Waals surface area contributed by atoms with Gasteiger partial charge in [-0.2, -0.15) is 5.10 Å². The number of carbonyl (C=O) groups is 1. The first-order valence-electron chi connectivity index (χ1n) is 9.34. The Kier molecular flexibility index (Phi) is 6.52. The van der Waals surface area contributed by atoms with E-state index < -0.39 is 0 Å². The maximum atomic E-state index is 12.7. The van der Waals surface area contributed by atoms with E-state index in [4.69, 9.17) is 16.3 Å². The van der Waals surface area contributed by atoms with E-state index in [0.29, 0.717) is 29.5 Å². The summed E-state index contributed by atoms with van der Waals surface area (Å²) in [7, 11) is 0. The first-order valence-corrected chi connectivity index (χ1v) is 9.72. The number of halogens is 1. The fourth-order valence-corrected chi connectivity index (χ4v) is 3.58. The predicted octanol–water partition coefficient (Wildman–Crippen LogP) is 2.65. The van der Waals surface area contributed by atoms with Crippen molar-refractivity contribution in [3.8, 4) is 0 Å². The van der Waals surface area contributed by atoms with Crippen LogP contribution in [0.5, 0.6) is 0 Å². The first kappa shape index (κ1) is 19.9. The van der Waals surface area contributed by atoms with E-state index in [9.17, 15) is 4.79 Å². The third-order valence-corrected chi connectivity index (χ3v) is 5.36. The summed E-state index contributed by atoms with van der Waals surface area (Å²) >= 11 is 6.48. The standard InChI is InChI=1S/C20H27ClN4O2/c1-14-4-6-17(7-5-14)13-25-19(21)18(16(3)23-25)20(26)22-12-15(2)24-8-10-27-11-9-24/h4-7,15H,8-13H2,1-3H3,(H,22,26). The van der Waals surface area contributed by atoms with Crippen LogP contribution in [0.2, 0.25) is 5.15 Å². The van der Waals surface area contributed by atoms with Crippen LogP contribution >= 0.6 is 11.6 Å². The molecule has 146 valence electrons. The van der Waals surface area contributed by atoms with Gasteiger partial charge in [-0.3, -0.25) is 9.69 Å². The number of hydrogen-bond donors (Lipinski definition) is 1. The second-order valence-electron chi connectivity index (χ2n) is 7.10. The lowest BCUT2D eigenvalue weighted by molar-refractivity contribution is 0.0204. The number of nitrogens with one attached hydrogen (secondary N) is 1. The zero-order valence-corrected chi connectivity index (χ0v) is 16.9. The first-order chi connectivity index (χ1) is 13.0. The average Bonchev–Trinajstić information content (AvgIpc) is 2.95. The van der Waals surface area contributed by atoms with Gasteiger partial charge in [-0.1, -0.05) is 41.4 Å². The fourth-order valence-electron chi connectivity index (χ4n) is 3.26. The van der Waals surface area contributed by atoms with E-state index in [2.05, 4.69) is 41.3 Å². The highest BCUT2D eigenvalue weighted by Crippen LogP contribution is 2.21. The molecule has 1 unspecified atom stereocenters. The Morgan fingerprint density at radius 2 is 1.93 bits per heavy atom. The van der Waals surface area contributed by atoms with Crippen LogP contribution in [0.15, 0.2) is 24.3 Å². The topological polar surface area (TPSA) is 59.4 Å². The quantitative estimate of drug-likeness (QED) is 0.823. The van der Waals surface area contributed by atoms with Crippen LogP contribution in [0.4, 0.5) is 0 Å². The van der Waals surface area contributed by atoms with Gasteiger partial charge >= 0.3 is 0 Å². The van der Waals surface area contributed by atoms with E-state index in [0.717, 1.165) is 31.9 Å². The van der Waals surface area contributed by atoms with E-state index in [-0.39, 0.29) is 11.9 Å². The van der Waals surface area contributed by atoms with Crippen molar-refractivity contribution in [3.05, 3.63) is 51.8 Å². The van der Waals surface area contributed by atoms with Gasteiger partial charge in [0.25, 0.3) is 5.91 Å². The minimum absolute atomic E-state index is 0.173. The zero-order chi connectivity index (χ0) is 19.4. The normalized spacial score (nSPS) is 16.3.